The van der Waals surface area contributed by atoms with Crippen LogP contribution in [-0.4, -0.2) is 12.1 Å². The van der Waals surface area contributed by atoms with Crippen LogP contribution in [0.1, 0.15) is 53.9 Å². The lowest BCUT2D eigenvalue weighted by Gasteiger charge is -2.27. The van der Waals surface area contributed by atoms with Crippen LogP contribution < -0.4 is 5.32 Å². The van der Waals surface area contributed by atoms with E-state index < -0.39 is 0 Å². The maximum atomic E-state index is 3.61. The standard InChI is InChI=1S/C11H25N/c1-6-8-11(4,5)12-9-10(3)7-2/h10,12H,6-9H2,1-5H3. The molecule has 0 aromatic rings. The summed E-state index contributed by atoms with van der Waals surface area (Å²) >= 11 is 0. The van der Waals surface area contributed by atoms with Crippen LogP contribution in [0, 0.1) is 5.92 Å². The quantitative estimate of drug-likeness (QED) is 0.647. The highest BCUT2D eigenvalue weighted by atomic mass is 14.9. The van der Waals surface area contributed by atoms with Gasteiger partial charge in [-0.1, -0.05) is 33.6 Å². The first-order valence-electron chi connectivity index (χ1n) is 5.27. The van der Waals surface area contributed by atoms with Crippen molar-refractivity contribution in [3.05, 3.63) is 0 Å². The van der Waals surface area contributed by atoms with Gasteiger partial charge in [0.25, 0.3) is 0 Å². The molecule has 1 atom stereocenters. The number of hydrogen-bond donors (Lipinski definition) is 1. The molecule has 0 aromatic heterocycles. The van der Waals surface area contributed by atoms with Gasteiger partial charge in [-0.05, 0) is 32.7 Å². The molecule has 1 N–H and O–H groups in total. The molecule has 1 nitrogen and oxygen atoms in total. The van der Waals surface area contributed by atoms with Gasteiger partial charge in [-0.15, -0.1) is 0 Å². The van der Waals surface area contributed by atoms with Crippen LogP contribution in [0.5, 0.6) is 0 Å². The topological polar surface area (TPSA) is 12.0 Å². The molecule has 0 heterocycles. The van der Waals surface area contributed by atoms with E-state index in [4.69, 9.17) is 0 Å². The Labute approximate surface area is 77.9 Å². The lowest BCUT2D eigenvalue weighted by molar-refractivity contribution is 0.330. The van der Waals surface area contributed by atoms with Crippen LogP contribution in [0.4, 0.5) is 0 Å². The first kappa shape index (κ1) is 12.0. The smallest absolute Gasteiger partial charge is 0.0125 e. The molecular formula is C11H25N. The van der Waals surface area contributed by atoms with Gasteiger partial charge in [-0.3, -0.25) is 0 Å². The second-order valence-corrected chi connectivity index (χ2v) is 4.53. The van der Waals surface area contributed by atoms with E-state index >= 15 is 0 Å². The first-order chi connectivity index (χ1) is 5.52. The third-order valence-electron chi connectivity index (χ3n) is 2.50. The van der Waals surface area contributed by atoms with Gasteiger partial charge in [0.15, 0.2) is 0 Å². The van der Waals surface area contributed by atoms with Crippen molar-refractivity contribution in [1.29, 1.82) is 0 Å². The van der Waals surface area contributed by atoms with Crippen molar-refractivity contribution in [1.82, 2.24) is 5.32 Å². The maximum Gasteiger partial charge on any atom is 0.0125 e. The minimum Gasteiger partial charge on any atom is -0.312 e. The number of nitrogens with one attached hydrogen (secondary N) is 1. The normalized spacial score (nSPS) is 14.8. The van der Waals surface area contributed by atoms with Gasteiger partial charge in [0.2, 0.25) is 0 Å². The molecule has 0 aliphatic rings. The summed E-state index contributed by atoms with van der Waals surface area (Å²) in [5, 5.41) is 3.61. The van der Waals surface area contributed by atoms with Gasteiger partial charge < -0.3 is 5.32 Å². The van der Waals surface area contributed by atoms with Gasteiger partial charge in [-0.25, -0.2) is 0 Å². The fourth-order valence-electron chi connectivity index (χ4n) is 1.31. The van der Waals surface area contributed by atoms with E-state index in [9.17, 15) is 0 Å². The lowest BCUT2D eigenvalue weighted by Crippen LogP contribution is -2.41. The SMILES string of the molecule is CCCC(C)(C)NCC(C)CC. The van der Waals surface area contributed by atoms with Crippen LogP contribution in [0.15, 0.2) is 0 Å². The summed E-state index contributed by atoms with van der Waals surface area (Å²) in [6.45, 7) is 12.5. The second kappa shape index (κ2) is 5.58. The van der Waals surface area contributed by atoms with Gasteiger partial charge >= 0.3 is 0 Å². The molecule has 0 aliphatic carbocycles. The van der Waals surface area contributed by atoms with Crippen LogP contribution in [-0.2, 0) is 0 Å². The fourth-order valence-corrected chi connectivity index (χ4v) is 1.31. The molecule has 0 aromatic carbocycles. The van der Waals surface area contributed by atoms with Crippen molar-refractivity contribution in [3.8, 4) is 0 Å². The van der Waals surface area contributed by atoms with Crippen LogP contribution in [0.3, 0.4) is 0 Å². The van der Waals surface area contributed by atoms with Crippen molar-refractivity contribution in [2.24, 2.45) is 5.92 Å². The maximum absolute atomic E-state index is 3.61. The van der Waals surface area contributed by atoms with Crippen LogP contribution in [0.2, 0.25) is 0 Å². The van der Waals surface area contributed by atoms with Gasteiger partial charge in [-0.2, -0.15) is 0 Å². The summed E-state index contributed by atoms with van der Waals surface area (Å²) in [5.74, 6) is 0.807. The molecule has 1 heteroatoms. The summed E-state index contributed by atoms with van der Waals surface area (Å²) in [7, 11) is 0. The largest absolute Gasteiger partial charge is 0.312 e. The highest BCUT2D eigenvalue weighted by Crippen LogP contribution is 2.11. The zero-order chi connectivity index (χ0) is 9.61. The highest BCUT2D eigenvalue weighted by molar-refractivity contribution is 4.77. The average Bonchev–Trinajstić information content (AvgIpc) is 2.00. The van der Waals surface area contributed by atoms with E-state index in [2.05, 4.69) is 39.9 Å². The van der Waals surface area contributed by atoms with E-state index in [1.807, 2.05) is 0 Å². The molecule has 0 rings (SSSR count). The van der Waals surface area contributed by atoms with E-state index in [-0.39, 0.29) is 0 Å². The Morgan fingerprint density at radius 2 is 1.83 bits per heavy atom. The molecule has 1 unspecified atom stereocenters. The average molecular weight is 171 g/mol. The monoisotopic (exact) mass is 171 g/mol. The fraction of sp³-hybridized carbons (Fsp3) is 1.00. The Balaban J connectivity index is 3.59. The Kier molecular flexibility index (Phi) is 5.56. The van der Waals surface area contributed by atoms with Crippen molar-refractivity contribution in [2.75, 3.05) is 6.54 Å². The summed E-state index contributed by atoms with van der Waals surface area (Å²) in [6.07, 6.45) is 3.80. The minimum absolute atomic E-state index is 0.332. The molecule has 0 aliphatic heterocycles. The van der Waals surface area contributed by atoms with Crippen molar-refractivity contribution in [2.45, 2.75) is 59.4 Å². The van der Waals surface area contributed by atoms with Gasteiger partial charge in [0.05, 0.1) is 0 Å². The van der Waals surface area contributed by atoms with Crippen molar-refractivity contribution < 1.29 is 0 Å². The first-order valence-corrected chi connectivity index (χ1v) is 5.27. The minimum atomic E-state index is 0.332. The summed E-state index contributed by atoms with van der Waals surface area (Å²) < 4.78 is 0. The zero-order valence-corrected chi connectivity index (χ0v) is 9.41. The number of hydrogen-bond acceptors (Lipinski definition) is 1. The summed E-state index contributed by atoms with van der Waals surface area (Å²) in [6, 6.07) is 0. The Morgan fingerprint density at radius 1 is 1.25 bits per heavy atom. The van der Waals surface area contributed by atoms with Crippen molar-refractivity contribution in [3.63, 3.8) is 0 Å². The van der Waals surface area contributed by atoms with Crippen LogP contribution in [0.25, 0.3) is 0 Å². The molecule has 12 heavy (non-hydrogen) atoms. The van der Waals surface area contributed by atoms with Crippen LogP contribution >= 0.6 is 0 Å². The predicted molar refractivity (Wildman–Crippen MR) is 56.4 cm³/mol. The molecule has 0 saturated carbocycles. The van der Waals surface area contributed by atoms with E-state index in [1.165, 1.54) is 19.3 Å². The highest BCUT2D eigenvalue weighted by Gasteiger charge is 2.15. The van der Waals surface area contributed by atoms with E-state index in [0.29, 0.717) is 5.54 Å². The zero-order valence-electron chi connectivity index (χ0n) is 9.41. The Morgan fingerprint density at radius 3 is 2.25 bits per heavy atom. The Bertz CT molecular complexity index is 108. The third-order valence-corrected chi connectivity index (χ3v) is 2.50. The molecule has 0 radical (unpaired) electrons. The molecule has 0 saturated heterocycles. The summed E-state index contributed by atoms with van der Waals surface area (Å²) in [4.78, 5) is 0. The van der Waals surface area contributed by atoms with Crippen molar-refractivity contribution >= 4 is 0 Å². The molecule has 0 fully saturated rings. The van der Waals surface area contributed by atoms with Gasteiger partial charge in [0.1, 0.15) is 0 Å². The van der Waals surface area contributed by atoms with Gasteiger partial charge in [0, 0.05) is 5.54 Å². The van der Waals surface area contributed by atoms with E-state index in [0.717, 1.165) is 12.5 Å². The third kappa shape index (κ3) is 5.59. The number of rotatable bonds is 6. The Hall–Kier alpha value is -0.0400. The van der Waals surface area contributed by atoms with E-state index in [1.54, 1.807) is 0 Å². The second-order valence-electron chi connectivity index (χ2n) is 4.53. The lowest BCUT2D eigenvalue weighted by atomic mass is 9.97. The molecule has 74 valence electrons. The molecule has 0 spiro atoms. The predicted octanol–water partition coefficient (Wildman–Crippen LogP) is 3.20. The molecule has 0 amide bonds. The molecular weight excluding hydrogens is 146 g/mol. The summed E-state index contributed by atoms with van der Waals surface area (Å²) in [5.41, 5.74) is 0.332. The molecule has 0 bridgehead atoms.